The van der Waals surface area contributed by atoms with Crippen LogP contribution in [0.1, 0.15) is 16.1 Å². The maximum atomic E-state index is 13.2. The van der Waals surface area contributed by atoms with E-state index in [2.05, 4.69) is 10.3 Å². The predicted molar refractivity (Wildman–Crippen MR) is 124 cm³/mol. The number of nitrogens with one attached hydrogen (secondary N) is 1. The van der Waals surface area contributed by atoms with Crippen molar-refractivity contribution in [3.63, 3.8) is 0 Å². The highest BCUT2D eigenvalue weighted by Crippen LogP contribution is 2.33. The van der Waals surface area contributed by atoms with E-state index in [1.807, 2.05) is 48.5 Å². The second kappa shape index (κ2) is 9.86. The third-order valence-electron chi connectivity index (χ3n) is 5.12. The number of pyridine rings is 1. The molecule has 0 atom stereocenters. The van der Waals surface area contributed by atoms with Crippen molar-refractivity contribution in [2.45, 2.75) is 6.54 Å². The van der Waals surface area contributed by atoms with Gasteiger partial charge in [0.15, 0.2) is 0 Å². The lowest BCUT2D eigenvalue weighted by atomic mass is 10.1. The minimum Gasteiger partial charge on any atom is -0.497 e. The molecule has 0 bridgehead atoms. The quantitative estimate of drug-likeness (QED) is 0.444. The number of carbonyl (C=O) groups is 1. The minimum absolute atomic E-state index is 0.263. The average Bonchev–Trinajstić information content (AvgIpc) is 3.33. The maximum Gasteiger partial charge on any atom is 0.270 e. The number of benzene rings is 2. The van der Waals surface area contributed by atoms with Gasteiger partial charge in [-0.25, -0.2) is 4.68 Å². The molecule has 168 valence electrons. The Balaban J connectivity index is 1.73. The Morgan fingerprint density at radius 2 is 1.70 bits per heavy atom. The molecule has 8 nitrogen and oxygen atoms in total. The van der Waals surface area contributed by atoms with Crippen LogP contribution in [-0.4, -0.2) is 42.0 Å². The molecular weight excluding hydrogens is 420 g/mol. The van der Waals surface area contributed by atoms with Crippen molar-refractivity contribution in [3.05, 3.63) is 84.3 Å². The smallest absolute Gasteiger partial charge is 0.270 e. The molecule has 4 aromatic rings. The monoisotopic (exact) mass is 444 g/mol. The van der Waals surface area contributed by atoms with E-state index in [0.717, 1.165) is 16.8 Å². The van der Waals surface area contributed by atoms with Crippen molar-refractivity contribution in [1.82, 2.24) is 20.1 Å². The molecule has 2 aromatic carbocycles. The first-order chi connectivity index (χ1) is 16.1. The Bertz CT molecular complexity index is 1240. The summed E-state index contributed by atoms with van der Waals surface area (Å²) in [4.78, 5) is 17.3. The van der Waals surface area contributed by atoms with Gasteiger partial charge in [-0.3, -0.25) is 9.78 Å². The summed E-state index contributed by atoms with van der Waals surface area (Å²) in [5.41, 5.74) is 3.35. The van der Waals surface area contributed by atoms with Crippen LogP contribution in [0.25, 0.3) is 16.9 Å². The first kappa shape index (κ1) is 21.9. The van der Waals surface area contributed by atoms with Gasteiger partial charge < -0.3 is 19.5 Å². The van der Waals surface area contributed by atoms with E-state index in [9.17, 15) is 4.79 Å². The Labute approximate surface area is 191 Å². The summed E-state index contributed by atoms with van der Waals surface area (Å²) in [6.45, 7) is 0.349. The Morgan fingerprint density at radius 1 is 0.939 bits per heavy atom. The lowest BCUT2D eigenvalue weighted by molar-refractivity contribution is 0.0943. The number of ether oxygens (including phenoxy) is 3. The molecule has 4 rings (SSSR count). The molecule has 0 fully saturated rings. The molecule has 2 aromatic heterocycles. The van der Waals surface area contributed by atoms with Crippen LogP contribution in [0, 0.1) is 0 Å². The molecule has 0 aliphatic carbocycles. The summed E-state index contributed by atoms with van der Waals surface area (Å²) in [5, 5.41) is 7.67. The molecule has 0 radical (unpaired) electrons. The molecule has 1 amide bonds. The molecule has 0 aliphatic rings. The first-order valence-corrected chi connectivity index (χ1v) is 10.3. The van der Waals surface area contributed by atoms with E-state index in [1.54, 1.807) is 50.5 Å². The fourth-order valence-corrected chi connectivity index (χ4v) is 3.38. The first-order valence-electron chi connectivity index (χ1n) is 10.3. The molecular formula is C25H24N4O4. The van der Waals surface area contributed by atoms with E-state index < -0.39 is 0 Å². The normalized spacial score (nSPS) is 10.5. The highest BCUT2D eigenvalue weighted by Gasteiger charge is 2.20. The van der Waals surface area contributed by atoms with Crippen LogP contribution in [0.2, 0.25) is 0 Å². The standard InChI is InChI=1S/C25H24N4O4/c1-31-19-8-6-18(7-9-19)29-23(25(30)27-16-17-5-4-12-26-15-17)14-22(28-29)21-11-10-20(32-2)13-24(21)33-3/h4-15H,16H2,1-3H3,(H,27,30). The number of aromatic nitrogens is 3. The molecule has 0 saturated heterocycles. The van der Waals surface area contributed by atoms with Crippen LogP contribution in [0.4, 0.5) is 0 Å². The molecule has 0 spiro atoms. The highest BCUT2D eigenvalue weighted by atomic mass is 16.5. The van der Waals surface area contributed by atoms with Gasteiger partial charge in [0.05, 0.1) is 32.7 Å². The number of methoxy groups -OCH3 is 3. The van der Waals surface area contributed by atoms with Gasteiger partial charge in [0.2, 0.25) is 0 Å². The number of amides is 1. The van der Waals surface area contributed by atoms with Crippen LogP contribution < -0.4 is 19.5 Å². The zero-order chi connectivity index (χ0) is 23.2. The molecule has 33 heavy (non-hydrogen) atoms. The van der Waals surface area contributed by atoms with Crippen molar-refractivity contribution < 1.29 is 19.0 Å². The third-order valence-corrected chi connectivity index (χ3v) is 5.12. The van der Waals surface area contributed by atoms with E-state index in [0.29, 0.717) is 35.2 Å². The largest absolute Gasteiger partial charge is 0.497 e. The number of hydrogen-bond donors (Lipinski definition) is 1. The summed E-state index contributed by atoms with van der Waals surface area (Å²) in [5.74, 6) is 1.71. The van der Waals surface area contributed by atoms with E-state index >= 15 is 0 Å². The summed E-state index contributed by atoms with van der Waals surface area (Å²) in [6.07, 6.45) is 3.41. The van der Waals surface area contributed by atoms with Crippen LogP contribution >= 0.6 is 0 Å². The molecule has 8 heteroatoms. The van der Waals surface area contributed by atoms with E-state index in [4.69, 9.17) is 19.3 Å². The van der Waals surface area contributed by atoms with Gasteiger partial charge in [0.25, 0.3) is 5.91 Å². The lowest BCUT2D eigenvalue weighted by Crippen LogP contribution is -2.25. The van der Waals surface area contributed by atoms with Gasteiger partial charge in [0, 0.05) is 30.6 Å². The Hall–Kier alpha value is -4.33. The molecule has 0 unspecified atom stereocenters. The molecule has 0 aliphatic heterocycles. The van der Waals surface area contributed by atoms with Gasteiger partial charge in [0.1, 0.15) is 22.9 Å². The highest BCUT2D eigenvalue weighted by molar-refractivity contribution is 5.94. The van der Waals surface area contributed by atoms with E-state index in [-0.39, 0.29) is 5.91 Å². The van der Waals surface area contributed by atoms with Crippen LogP contribution in [0.3, 0.4) is 0 Å². The Kier molecular flexibility index (Phi) is 6.54. The van der Waals surface area contributed by atoms with Gasteiger partial charge in [-0.15, -0.1) is 0 Å². The summed E-state index contributed by atoms with van der Waals surface area (Å²) >= 11 is 0. The topological polar surface area (TPSA) is 87.5 Å². The molecule has 0 saturated carbocycles. The van der Waals surface area contributed by atoms with E-state index in [1.165, 1.54) is 0 Å². The van der Waals surface area contributed by atoms with Crippen LogP contribution in [-0.2, 0) is 6.54 Å². The number of rotatable bonds is 8. The van der Waals surface area contributed by atoms with Gasteiger partial charge in [-0.2, -0.15) is 5.10 Å². The average molecular weight is 444 g/mol. The van der Waals surface area contributed by atoms with Crippen LogP contribution in [0.15, 0.2) is 73.1 Å². The van der Waals surface area contributed by atoms with Crippen molar-refractivity contribution in [2.75, 3.05) is 21.3 Å². The summed E-state index contributed by atoms with van der Waals surface area (Å²) in [6, 6.07) is 18.3. The second-order valence-electron chi connectivity index (χ2n) is 7.13. The summed E-state index contributed by atoms with van der Waals surface area (Å²) in [7, 11) is 4.78. The fraction of sp³-hybridized carbons (Fsp3) is 0.160. The zero-order valence-corrected chi connectivity index (χ0v) is 18.6. The number of carbonyl (C=O) groups excluding carboxylic acids is 1. The van der Waals surface area contributed by atoms with Crippen molar-refractivity contribution in [2.24, 2.45) is 0 Å². The third kappa shape index (κ3) is 4.79. The van der Waals surface area contributed by atoms with Gasteiger partial charge in [-0.1, -0.05) is 6.07 Å². The van der Waals surface area contributed by atoms with Crippen molar-refractivity contribution in [1.29, 1.82) is 0 Å². The fourth-order valence-electron chi connectivity index (χ4n) is 3.38. The summed E-state index contributed by atoms with van der Waals surface area (Å²) < 4.78 is 17.7. The van der Waals surface area contributed by atoms with Crippen molar-refractivity contribution >= 4 is 5.91 Å². The zero-order valence-electron chi connectivity index (χ0n) is 18.6. The molecule has 2 heterocycles. The van der Waals surface area contributed by atoms with Gasteiger partial charge in [-0.05, 0) is 54.1 Å². The Morgan fingerprint density at radius 3 is 2.36 bits per heavy atom. The maximum absolute atomic E-state index is 13.2. The predicted octanol–water partition coefficient (Wildman–Crippen LogP) is 3.89. The lowest BCUT2D eigenvalue weighted by Gasteiger charge is -2.09. The molecule has 1 N–H and O–H groups in total. The number of hydrogen-bond acceptors (Lipinski definition) is 6. The van der Waals surface area contributed by atoms with Crippen LogP contribution in [0.5, 0.6) is 17.2 Å². The second-order valence-corrected chi connectivity index (χ2v) is 7.13. The minimum atomic E-state index is -0.263. The van der Waals surface area contributed by atoms with Gasteiger partial charge >= 0.3 is 0 Å². The SMILES string of the molecule is COc1ccc(-n2nc(-c3ccc(OC)cc3OC)cc2C(=O)NCc2cccnc2)cc1. The number of nitrogens with zero attached hydrogens (tertiary/aromatic N) is 3. The van der Waals surface area contributed by atoms with Crippen molar-refractivity contribution in [3.8, 4) is 34.2 Å².